The Labute approximate surface area is 151 Å². The highest BCUT2D eigenvalue weighted by molar-refractivity contribution is 6.06. The van der Waals surface area contributed by atoms with E-state index >= 15 is 0 Å². The monoisotopic (exact) mass is 352 g/mol. The van der Waals surface area contributed by atoms with Gasteiger partial charge in [-0.15, -0.1) is 0 Å². The highest BCUT2D eigenvalue weighted by atomic mass is 16.5. The lowest BCUT2D eigenvalue weighted by Crippen LogP contribution is -2.40. The second kappa shape index (κ2) is 5.43. The summed E-state index contributed by atoms with van der Waals surface area (Å²) in [6.07, 6.45) is 6.99. The largest absolute Gasteiger partial charge is 0.497 e. The quantitative estimate of drug-likeness (QED) is 0.473. The van der Waals surface area contributed by atoms with Gasteiger partial charge in [0, 0.05) is 11.6 Å². The second-order valence-corrected chi connectivity index (χ2v) is 7.50. The van der Waals surface area contributed by atoms with Gasteiger partial charge >= 0.3 is 0 Å². The van der Waals surface area contributed by atoms with Crippen LogP contribution < -0.4 is 9.47 Å². The van der Waals surface area contributed by atoms with Crippen LogP contribution in [0.2, 0.25) is 0 Å². The second-order valence-electron chi connectivity index (χ2n) is 7.50. The lowest BCUT2D eigenvalue weighted by atomic mass is 9.63. The molecule has 3 fully saturated rings. The van der Waals surface area contributed by atoms with Crippen molar-refractivity contribution < 1.29 is 19.1 Å². The molecule has 2 amide bonds. The molecule has 26 heavy (non-hydrogen) atoms. The lowest BCUT2D eigenvalue weighted by molar-refractivity contribution is -0.140. The molecule has 1 aliphatic heterocycles. The third-order valence-electron chi connectivity index (χ3n) is 6.39. The van der Waals surface area contributed by atoms with E-state index in [4.69, 9.17) is 9.47 Å². The number of imide groups is 1. The van der Waals surface area contributed by atoms with Gasteiger partial charge in [-0.3, -0.25) is 9.59 Å². The van der Waals surface area contributed by atoms with E-state index in [1.807, 2.05) is 0 Å². The number of hydrogen-bond donors (Lipinski definition) is 0. The van der Waals surface area contributed by atoms with Crippen molar-refractivity contribution in [2.45, 2.75) is 6.42 Å². The Hall–Kier alpha value is -2.63. The van der Waals surface area contributed by atoms with E-state index in [1.54, 1.807) is 32.4 Å². The van der Waals surface area contributed by atoms with Crippen molar-refractivity contribution in [1.29, 1.82) is 0 Å². The summed E-state index contributed by atoms with van der Waals surface area (Å²) in [5.74, 6) is 2.08. The minimum absolute atomic E-state index is 0.159. The molecule has 2 bridgehead atoms. The normalized spacial score (nSPS) is 36.5. The summed E-state index contributed by atoms with van der Waals surface area (Å²) in [4.78, 5) is 25.8. The molecule has 0 aromatic heterocycles. The Morgan fingerprint density at radius 2 is 1.69 bits per heavy atom. The summed E-state index contributed by atoms with van der Waals surface area (Å²) >= 11 is 0. The highest BCUT2D eigenvalue weighted by Crippen LogP contribution is 2.65. The van der Waals surface area contributed by atoms with Crippen molar-refractivity contribution in [3.8, 4) is 11.5 Å². The molecule has 2 saturated carbocycles. The van der Waals surface area contributed by atoms with E-state index < -0.39 is 0 Å². The summed E-state index contributed by atoms with van der Waals surface area (Å²) in [6.45, 7) is 0. The van der Waals surface area contributed by atoms with Crippen LogP contribution in [0, 0.1) is 35.5 Å². The minimum atomic E-state index is -0.226. The maximum atomic E-state index is 12.9. The smallest absolute Gasteiger partial charge is 0.254 e. The number of carbonyl (C=O) groups is 2. The zero-order valence-electron chi connectivity index (χ0n) is 14.7. The molecule has 134 valence electrons. The maximum Gasteiger partial charge on any atom is 0.254 e. The highest BCUT2D eigenvalue weighted by Gasteiger charge is 2.67. The molecule has 1 aromatic rings. The average molecular weight is 352 g/mol. The van der Waals surface area contributed by atoms with Gasteiger partial charge in [0.25, 0.3) is 11.8 Å². The van der Waals surface area contributed by atoms with E-state index in [2.05, 4.69) is 17.3 Å². The summed E-state index contributed by atoms with van der Waals surface area (Å²) in [5, 5.41) is 5.32. The van der Waals surface area contributed by atoms with Crippen LogP contribution >= 0.6 is 0 Å². The van der Waals surface area contributed by atoms with Gasteiger partial charge in [-0.05, 0) is 42.2 Å². The number of benzene rings is 1. The SMILES string of the molecule is COc1ccc(/C=N\N2C(=O)[C@@H]3[C@H]4C=C[C@H]([C@@H]5C[C@H]45)[C@@H]3C2=O)c(OC)c1. The molecule has 1 saturated heterocycles. The van der Waals surface area contributed by atoms with E-state index in [0.29, 0.717) is 28.9 Å². The van der Waals surface area contributed by atoms with Gasteiger partial charge in [0.05, 0.1) is 32.3 Å². The number of amides is 2. The first-order chi connectivity index (χ1) is 12.6. The predicted molar refractivity (Wildman–Crippen MR) is 93.7 cm³/mol. The number of hydrazone groups is 1. The fraction of sp³-hybridized carbons (Fsp3) is 0.450. The Balaban J connectivity index is 1.43. The Bertz CT molecular complexity index is 825. The van der Waals surface area contributed by atoms with Crippen LogP contribution in [0.25, 0.3) is 0 Å². The van der Waals surface area contributed by atoms with Crippen LogP contribution in [0.5, 0.6) is 11.5 Å². The van der Waals surface area contributed by atoms with Crippen molar-refractivity contribution in [2.24, 2.45) is 40.6 Å². The van der Waals surface area contributed by atoms with E-state index in [1.165, 1.54) is 6.21 Å². The molecule has 6 nitrogen and oxygen atoms in total. The van der Waals surface area contributed by atoms with Gasteiger partial charge < -0.3 is 9.47 Å². The number of nitrogens with zero attached hydrogens (tertiary/aromatic N) is 2. The molecule has 0 unspecified atom stereocenters. The van der Waals surface area contributed by atoms with Crippen LogP contribution in [0.15, 0.2) is 35.5 Å². The molecule has 0 radical (unpaired) electrons. The van der Waals surface area contributed by atoms with Crippen molar-refractivity contribution in [2.75, 3.05) is 14.2 Å². The molecule has 6 heteroatoms. The standard InChI is InChI=1S/C20H20N2O4/c1-25-11-4-3-10(16(7-11)26-2)9-21-22-19(23)17-12-5-6-13(15-8-14(12)15)18(17)20(22)24/h3-7,9,12-15,17-18H,8H2,1-2H3/b21-9-/t12-,13+,14+,15-,17+,18-. The molecule has 6 rings (SSSR count). The summed E-state index contributed by atoms with van der Waals surface area (Å²) in [6, 6.07) is 5.32. The summed E-state index contributed by atoms with van der Waals surface area (Å²) in [5.41, 5.74) is 0.688. The van der Waals surface area contributed by atoms with Gasteiger partial charge in [0.2, 0.25) is 0 Å². The molecule has 1 aromatic carbocycles. The van der Waals surface area contributed by atoms with Gasteiger partial charge in [0.15, 0.2) is 0 Å². The zero-order valence-corrected chi connectivity index (χ0v) is 14.7. The van der Waals surface area contributed by atoms with Gasteiger partial charge in [0.1, 0.15) is 11.5 Å². The van der Waals surface area contributed by atoms with Gasteiger partial charge in [-0.25, -0.2) is 0 Å². The first kappa shape index (κ1) is 15.6. The van der Waals surface area contributed by atoms with Crippen molar-refractivity contribution in [3.05, 3.63) is 35.9 Å². The molecular formula is C20H20N2O4. The Morgan fingerprint density at radius 3 is 2.27 bits per heavy atom. The number of carbonyl (C=O) groups excluding carboxylic acids is 2. The topological polar surface area (TPSA) is 68.2 Å². The van der Waals surface area contributed by atoms with Crippen molar-refractivity contribution in [1.82, 2.24) is 5.01 Å². The molecule has 4 aliphatic carbocycles. The molecule has 5 aliphatic rings. The maximum absolute atomic E-state index is 12.9. The third kappa shape index (κ3) is 2.01. The number of allylic oxidation sites excluding steroid dienone is 2. The predicted octanol–water partition coefficient (Wildman–Crippen LogP) is 2.09. The van der Waals surface area contributed by atoms with E-state index in [9.17, 15) is 9.59 Å². The van der Waals surface area contributed by atoms with Gasteiger partial charge in [-0.1, -0.05) is 12.2 Å². The first-order valence-corrected chi connectivity index (χ1v) is 8.96. The number of methoxy groups -OCH3 is 2. The molecule has 6 atom stereocenters. The number of rotatable bonds is 4. The molecule has 1 heterocycles. The minimum Gasteiger partial charge on any atom is -0.497 e. The number of ether oxygens (including phenoxy) is 2. The fourth-order valence-electron chi connectivity index (χ4n) is 5.10. The van der Waals surface area contributed by atoms with Crippen LogP contribution in [-0.2, 0) is 9.59 Å². The Morgan fingerprint density at radius 1 is 1.04 bits per heavy atom. The van der Waals surface area contributed by atoms with Crippen LogP contribution in [0.4, 0.5) is 0 Å². The van der Waals surface area contributed by atoms with Crippen LogP contribution in [-0.4, -0.2) is 37.3 Å². The lowest BCUT2D eigenvalue weighted by Gasteiger charge is -2.37. The molecule has 0 N–H and O–H groups in total. The summed E-state index contributed by atoms with van der Waals surface area (Å²) < 4.78 is 10.5. The Kier molecular flexibility index (Phi) is 3.26. The van der Waals surface area contributed by atoms with Crippen LogP contribution in [0.3, 0.4) is 0 Å². The van der Waals surface area contributed by atoms with E-state index in [0.717, 1.165) is 11.4 Å². The fourth-order valence-corrected chi connectivity index (χ4v) is 5.10. The zero-order chi connectivity index (χ0) is 18.0. The van der Waals surface area contributed by atoms with Crippen molar-refractivity contribution >= 4 is 18.0 Å². The first-order valence-electron chi connectivity index (χ1n) is 8.96. The summed E-state index contributed by atoms with van der Waals surface area (Å²) in [7, 11) is 3.14. The van der Waals surface area contributed by atoms with Crippen LogP contribution in [0.1, 0.15) is 12.0 Å². The molecule has 0 spiro atoms. The average Bonchev–Trinajstić information content (AvgIpc) is 3.45. The van der Waals surface area contributed by atoms with Gasteiger partial charge in [-0.2, -0.15) is 10.1 Å². The van der Waals surface area contributed by atoms with E-state index in [-0.39, 0.29) is 35.5 Å². The number of hydrogen-bond acceptors (Lipinski definition) is 5. The molecular weight excluding hydrogens is 332 g/mol. The van der Waals surface area contributed by atoms with Crippen molar-refractivity contribution in [3.63, 3.8) is 0 Å². The third-order valence-corrected chi connectivity index (χ3v) is 6.39.